The minimum atomic E-state index is 0.00304. The summed E-state index contributed by atoms with van der Waals surface area (Å²) in [6.45, 7) is 0.397. The predicted octanol–water partition coefficient (Wildman–Crippen LogP) is 0.648. The van der Waals surface area contributed by atoms with E-state index in [4.69, 9.17) is 5.11 Å². The van der Waals surface area contributed by atoms with Crippen LogP contribution in [0.4, 0.5) is 0 Å². The summed E-state index contributed by atoms with van der Waals surface area (Å²) >= 11 is 1.58. The minimum Gasteiger partial charge on any atom is -0.395 e. The first-order valence-electron chi connectivity index (χ1n) is 4.75. The molecule has 1 N–H and O–H groups in total. The Hall–Kier alpha value is -1.07. The molecule has 0 bridgehead atoms. The first-order chi connectivity index (χ1) is 7.33. The number of hydrogen-bond acceptors (Lipinski definition) is 4. The molecule has 0 radical (unpaired) electrons. The predicted molar refractivity (Wildman–Crippen MR) is 58.2 cm³/mol. The quantitative estimate of drug-likeness (QED) is 0.819. The summed E-state index contributed by atoms with van der Waals surface area (Å²) in [5, 5.41) is 8.90. The molecule has 1 aliphatic heterocycles. The van der Waals surface area contributed by atoms with Gasteiger partial charge in [-0.25, -0.2) is 0 Å². The Kier molecular flexibility index (Phi) is 3.23. The van der Waals surface area contributed by atoms with Gasteiger partial charge in [0.15, 0.2) is 0 Å². The third-order valence-electron chi connectivity index (χ3n) is 2.28. The van der Waals surface area contributed by atoms with E-state index >= 15 is 0 Å². The summed E-state index contributed by atoms with van der Waals surface area (Å²) in [5.74, 6) is 0.572. The number of aromatic nitrogens is 1. The van der Waals surface area contributed by atoms with Crippen molar-refractivity contribution in [3.8, 4) is 0 Å². The molecular formula is C10H12N2O2S. The molecule has 0 aliphatic carbocycles. The summed E-state index contributed by atoms with van der Waals surface area (Å²) in [5.41, 5.74) is 1.02. The molecule has 2 rings (SSSR count). The molecule has 1 saturated heterocycles. The van der Waals surface area contributed by atoms with Crippen molar-refractivity contribution in [2.75, 3.05) is 18.9 Å². The van der Waals surface area contributed by atoms with Crippen molar-refractivity contribution in [2.24, 2.45) is 0 Å². The summed E-state index contributed by atoms with van der Waals surface area (Å²) in [7, 11) is 0. The Morgan fingerprint density at radius 1 is 1.67 bits per heavy atom. The monoisotopic (exact) mass is 224 g/mol. The van der Waals surface area contributed by atoms with Gasteiger partial charge in [-0.1, -0.05) is 6.07 Å². The van der Waals surface area contributed by atoms with E-state index in [1.807, 2.05) is 12.1 Å². The number of nitrogens with zero attached hydrogens (tertiary/aromatic N) is 2. The zero-order chi connectivity index (χ0) is 10.7. The van der Waals surface area contributed by atoms with Crippen LogP contribution in [0.3, 0.4) is 0 Å². The third kappa shape index (κ3) is 2.13. The normalized spacial score (nSPS) is 21.0. The molecule has 0 aromatic carbocycles. The lowest BCUT2D eigenvalue weighted by atomic mass is 10.2. The number of carbonyl (C=O) groups excluding carboxylic acids is 1. The average Bonchev–Trinajstić information content (AvgIpc) is 2.63. The highest BCUT2D eigenvalue weighted by Gasteiger charge is 2.32. The van der Waals surface area contributed by atoms with Crippen molar-refractivity contribution < 1.29 is 9.90 Å². The Balaban J connectivity index is 2.18. The van der Waals surface area contributed by atoms with Gasteiger partial charge in [0.05, 0.1) is 12.4 Å². The lowest BCUT2D eigenvalue weighted by molar-refractivity contribution is -0.128. The second-order valence-corrected chi connectivity index (χ2v) is 4.33. The Morgan fingerprint density at radius 2 is 2.53 bits per heavy atom. The maximum atomic E-state index is 11.5. The van der Waals surface area contributed by atoms with Crippen molar-refractivity contribution >= 4 is 17.7 Å². The Morgan fingerprint density at radius 3 is 3.20 bits per heavy atom. The molecule has 1 aliphatic rings. The van der Waals surface area contributed by atoms with E-state index in [0.717, 1.165) is 5.56 Å². The summed E-state index contributed by atoms with van der Waals surface area (Å²) < 4.78 is 0. The third-order valence-corrected chi connectivity index (χ3v) is 3.53. The van der Waals surface area contributed by atoms with E-state index in [-0.39, 0.29) is 17.9 Å². The van der Waals surface area contributed by atoms with Crippen LogP contribution in [-0.2, 0) is 4.79 Å². The summed E-state index contributed by atoms with van der Waals surface area (Å²) in [6.07, 6.45) is 3.47. The zero-order valence-corrected chi connectivity index (χ0v) is 8.98. The summed E-state index contributed by atoms with van der Waals surface area (Å²) in [4.78, 5) is 17.3. The Labute approximate surface area is 92.3 Å². The molecule has 80 valence electrons. The smallest absolute Gasteiger partial charge is 0.233 e. The van der Waals surface area contributed by atoms with E-state index in [1.54, 1.807) is 29.1 Å². The molecule has 1 aromatic heterocycles. The molecule has 0 saturated carbocycles. The molecule has 1 amide bonds. The number of β-amino-alcohol motifs (C(OH)–C–C–N with tert-alkyl or cyclic N) is 1. The molecule has 1 unspecified atom stereocenters. The van der Waals surface area contributed by atoms with Crippen molar-refractivity contribution in [3.63, 3.8) is 0 Å². The van der Waals surface area contributed by atoms with Gasteiger partial charge in [0, 0.05) is 24.5 Å². The van der Waals surface area contributed by atoms with Crippen LogP contribution in [0.15, 0.2) is 24.5 Å². The molecule has 2 heterocycles. The maximum absolute atomic E-state index is 11.5. The van der Waals surface area contributed by atoms with E-state index in [0.29, 0.717) is 12.3 Å². The highest BCUT2D eigenvalue weighted by molar-refractivity contribution is 8.00. The van der Waals surface area contributed by atoms with Gasteiger partial charge in [-0.15, -0.1) is 11.8 Å². The van der Waals surface area contributed by atoms with Gasteiger partial charge in [-0.3, -0.25) is 9.78 Å². The molecule has 5 heteroatoms. The fourth-order valence-electron chi connectivity index (χ4n) is 1.60. The molecule has 1 atom stereocenters. The van der Waals surface area contributed by atoms with Crippen LogP contribution in [0.2, 0.25) is 0 Å². The number of aliphatic hydroxyl groups excluding tert-OH is 1. The number of amides is 1. The van der Waals surface area contributed by atoms with Crippen LogP contribution in [0.25, 0.3) is 0 Å². The van der Waals surface area contributed by atoms with Gasteiger partial charge in [-0.2, -0.15) is 0 Å². The first-order valence-corrected chi connectivity index (χ1v) is 5.79. The standard InChI is InChI=1S/C10H12N2O2S/c13-5-4-12-9(14)7-15-10(12)8-2-1-3-11-6-8/h1-3,6,10,13H,4-5,7H2. The van der Waals surface area contributed by atoms with Crippen LogP contribution >= 0.6 is 11.8 Å². The van der Waals surface area contributed by atoms with Gasteiger partial charge < -0.3 is 10.0 Å². The maximum Gasteiger partial charge on any atom is 0.233 e. The van der Waals surface area contributed by atoms with Crippen LogP contribution < -0.4 is 0 Å². The molecular weight excluding hydrogens is 212 g/mol. The van der Waals surface area contributed by atoms with Crippen LogP contribution in [-0.4, -0.2) is 39.8 Å². The van der Waals surface area contributed by atoms with Crippen molar-refractivity contribution in [3.05, 3.63) is 30.1 Å². The molecule has 4 nitrogen and oxygen atoms in total. The second kappa shape index (κ2) is 4.63. The SMILES string of the molecule is O=C1CSC(c2cccnc2)N1CCO. The largest absolute Gasteiger partial charge is 0.395 e. The number of pyridine rings is 1. The van der Waals surface area contributed by atoms with Crippen molar-refractivity contribution in [1.82, 2.24) is 9.88 Å². The van der Waals surface area contributed by atoms with Gasteiger partial charge in [0.25, 0.3) is 0 Å². The highest BCUT2D eigenvalue weighted by atomic mass is 32.2. The highest BCUT2D eigenvalue weighted by Crippen LogP contribution is 2.37. The number of rotatable bonds is 3. The number of hydrogen-bond donors (Lipinski definition) is 1. The van der Waals surface area contributed by atoms with E-state index in [9.17, 15) is 4.79 Å². The van der Waals surface area contributed by atoms with Crippen molar-refractivity contribution in [1.29, 1.82) is 0 Å². The molecule has 15 heavy (non-hydrogen) atoms. The first kappa shape index (κ1) is 10.4. The zero-order valence-electron chi connectivity index (χ0n) is 8.17. The average molecular weight is 224 g/mol. The minimum absolute atomic E-state index is 0.00304. The number of thioether (sulfide) groups is 1. The molecule has 1 fully saturated rings. The lowest BCUT2D eigenvalue weighted by Crippen LogP contribution is -2.30. The fourth-order valence-corrected chi connectivity index (χ4v) is 2.80. The topological polar surface area (TPSA) is 53.4 Å². The lowest BCUT2D eigenvalue weighted by Gasteiger charge is -2.22. The van der Waals surface area contributed by atoms with Gasteiger partial charge in [0.2, 0.25) is 5.91 Å². The van der Waals surface area contributed by atoms with E-state index < -0.39 is 0 Å². The Bertz CT molecular complexity index is 345. The van der Waals surface area contributed by atoms with E-state index in [1.165, 1.54) is 0 Å². The second-order valence-electron chi connectivity index (χ2n) is 3.26. The van der Waals surface area contributed by atoms with Gasteiger partial charge >= 0.3 is 0 Å². The van der Waals surface area contributed by atoms with Gasteiger partial charge in [0.1, 0.15) is 5.37 Å². The molecule has 1 aromatic rings. The van der Waals surface area contributed by atoms with Crippen LogP contribution in [0, 0.1) is 0 Å². The van der Waals surface area contributed by atoms with Crippen LogP contribution in [0.1, 0.15) is 10.9 Å². The molecule has 0 spiro atoms. The van der Waals surface area contributed by atoms with Crippen molar-refractivity contribution in [2.45, 2.75) is 5.37 Å². The van der Waals surface area contributed by atoms with Crippen LogP contribution in [0.5, 0.6) is 0 Å². The summed E-state index contributed by atoms with van der Waals surface area (Å²) in [6, 6.07) is 3.81. The van der Waals surface area contributed by atoms with Gasteiger partial charge in [-0.05, 0) is 6.07 Å². The fraction of sp³-hybridized carbons (Fsp3) is 0.400. The number of carbonyl (C=O) groups is 1. The van der Waals surface area contributed by atoms with E-state index in [2.05, 4.69) is 4.98 Å². The number of aliphatic hydroxyl groups is 1.